The first-order valence-electron chi connectivity index (χ1n) is 7.17. The van der Waals surface area contributed by atoms with Crippen LogP contribution in [0.4, 0.5) is 0 Å². The molecule has 0 spiro atoms. The van der Waals surface area contributed by atoms with Gasteiger partial charge in [-0.2, -0.15) is 0 Å². The number of hydrogen-bond acceptors (Lipinski definition) is 5. The second kappa shape index (κ2) is 5.79. The van der Waals surface area contributed by atoms with Crippen LogP contribution >= 0.6 is 0 Å². The van der Waals surface area contributed by atoms with Gasteiger partial charge < -0.3 is 5.32 Å². The Bertz CT molecular complexity index is 699. The average Bonchev–Trinajstić information content (AvgIpc) is 3.07. The van der Waals surface area contributed by atoms with Gasteiger partial charge in [0.2, 0.25) is 0 Å². The van der Waals surface area contributed by atoms with Crippen LogP contribution in [-0.4, -0.2) is 57.7 Å². The largest absolute Gasteiger partial charge is 0.357 e. The molecule has 1 N–H and O–H groups in total. The lowest BCUT2D eigenvalue weighted by Crippen LogP contribution is -2.41. The van der Waals surface area contributed by atoms with Gasteiger partial charge >= 0.3 is 5.69 Å². The van der Waals surface area contributed by atoms with Crippen molar-refractivity contribution in [2.24, 2.45) is 0 Å². The molecule has 1 aliphatic rings. The Morgan fingerprint density at radius 1 is 1.52 bits per heavy atom. The maximum atomic E-state index is 12.2. The van der Waals surface area contributed by atoms with E-state index in [0.29, 0.717) is 11.7 Å². The lowest BCUT2D eigenvalue weighted by molar-refractivity contribution is 0.0839. The van der Waals surface area contributed by atoms with Crippen molar-refractivity contribution in [2.75, 3.05) is 26.7 Å². The third kappa shape index (κ3) is 2.88. The summed E-state index contributed by atoms with van der Waals surface area (Å²) in [6, 6.07) is 5.66. The first-order valence-corrected chi connectivity index (χ1v) is 7.17. The standard InChI is InChI=1S/C14H19N5O2/c1-17(9-11-5-4-7-15-11)10-13(20)19-14(21)18-8-3-2-6-12(18)16-19/h2-3,6,8,11,15H,4-5,7,9-10H2,1H3. The van der Waals surface area contributed by atoms with Crippen molar-refractivity contribution in [3.8, 4) is 0 Å². The average molecular weight is 289 g/mol. The van der Waals surface area contributed by atoms with E-state index >= 15 is 0 Å². The summed E-state index contributed by atoms with van der Waals surface area (Å²) < 4.78 is 2.32. The molecular weight excluding hydrogens is 270 g/mol. The molecule has 1 fully saturated rings. The van der Waals surface area contributed by atoms with Crippen LogP contribution in [0.25, 0.3) is 5.65 Å². The van der Waals surface area contributed by atoms with E-state index in [4.69, 9.17) is 0 Å². The second-order valence-electron chi connectivity index (χ2n) is 5.51. The van der Waals surface area contributed by atoms with Crippen LogP contribution in [0.1, 0.15) is 17.6 Å². The van der Waals surface area contributed by atoms with Crippen LogP contribution in [-0.2, 0) is 0 Å². The number of nitrogens with one attached hydrogen (secondary N) is 1. The fourth-order valence-electron chi connectivity index (χ4n) is 2.74. The van der Waals surface area contributed by atoms with Crippen molar-refractivity contribution in [1.82, 2.24) is 24.4 Å². The van der Waals surface area contributed by atoms with E-state index in [2.05, 4.69) is 10.4 Å². The summed E-state index contributed by atoms with van der Waals surface area (Å²) in [6.45, 7) is 2.02. The van der Waals surface area contributed by atoms with Gasteiger partial charge in [0.05, 0.1) is 6.54 Å². The number of rotatable bonds is 4. The van der Waals surface area contributed by atoms with E-state index in [9.17, 15) is 9.59 Å². The zero-order valence-electron chi connectivity index (χ0n) is 12.0. The topological polar surface area (TPSA) is 71.6 Å². The number of carbonyl (C=O) groups excluding carboxylic acids is 1. The van der Waals surface area contributed by atoms with Gasteiger partial charge in [-0.05, 0) is 38.6 Å². The molecule has 0 bridgehead atoms. The highest BCUT2D eigenvalue weighted by Gasteiger charge is 2.19. The number of pyridine rings is 1. The molecule has 0 amide bonds. The van der Waals surface area contributed by atoms with Crippen LogP contribution in [0.5, 0.6) is 0 Å². The Morgan fingerprint density at radius 2 is 2.38 bits per heavy atom. The lowest BCUT2D eigenvalue weighted by atomic mass is 10.2. The Morgan fingerprint density at radius 3 is 3.10 bits per heavy atom. The van der Waals surface area contributed by atoms with Crippen molar-refractivity contribution in [3.63, 3.8) is 0 Å². The minimum atomic E-state index is -0.414. The van der Waals surface area contributed by atoms with Gasteiger partial charge in [0.15, 0.2) is 5.65 Å². The fourth-order valence-corrected chi connectivity index (χ4v) is 2.74. The second-order valence-corrected chi connectivity index (χ2v) is 5.51. The molecule has 0 radical (unpaired) electrons. The number of hydrogen-bond donors (Lipinski definition) is 1. The molecule has 1 saturated heterocycles. The monoisotopic (exact) mass is 289 g/mol. The number of aromatic nitrogens is 3. The molecule has 1 aliphatic heterocycles. The Hall–Kier alpha value is -1.99. The Kier molecular flexibility index (Phi) is 3.85. The third-order valence-electron chi connectivity index (χ3n) is 3.76. The summed E-state index contributed by atoms with van der Waals surface area (Å²) in [5, 5.41) is 7.46. The van der Waals surface area contributed by atoms with Crippen LogP contribution in [0, 0.1) is 0 Å². The molecule has 0 saturated carbocycles. The third-order valence-corrected chi connectivity index (χ3v) is 3.76. The van der Waals surface area contributed by atoms with Gasteiger partial charge in [0.1, 0.15) is 0 Å². The summed E-state index contributed by atoms with van der Waals surface area (Å²) in [5.74, 6) is -0.302. The highest BCUT2D eigenvalue weighted by molar-refractivity contribution is 5.80. The lowest BCUT2D eigenvalue weighted by Gasteiger charge is -2.19. The van der Waals surface area contributed by atoms with Crippen molar-refractivity contribution in [3.05, 3.63) is 34.9 Å². The molecule has 1 atom stereocenters. The Balaban J connectivity index is 1.71. The normalized spacial score (nSPS) is 18.7. The fraction of sp³-hybridized carbons (Fsp3) is 0.500. The van der Waals surface area contributed by atoms with E-state index in [-0.39, 0.29) is 12.5 Å². The minimum absolute atomic E-state index is 0.183. The highest BCUT2D eigenvalue weighted by Crippen LogP contribution is 2.06. The molecule has 3 rings (SSSR count). The predicted octanol–water partition coefficient (Wildman–Crippen LogP) is -0.180. The summed E-state index contributed by atoms with van der Waals surface area (Å²) in [7, 11) is 1.89. The van der Waals surface area contributed by atoms with Gasteiger partial charge in [0.25, 0.3) is 5.91 Å². The van der Waals surface area contributed by atoms with Crippen LogP contribution in [0.3, 0.4) is 0 Å². The first-order chi connectivity index (χ1) is 10.1. The molecule has 2 aromatic heterocycles. The summed E-state index contributed by atoms with van der Waals surface area (Å²) >= 11 is 0. The molecule has 21 heavy (non-hydrogen) atoms. The van der Waals surface area contributed by atoms with Crippen molar-refractivity contribution in [1.29, 1.82) is 0 Å². The van der Waals surface area contributed by atoms with Gasteiger partial charge in [-0.1, -0.05) is 6.07 Å². The quantitative estimate of drug-likeness (QED) is 0.845. The van der Waals surface area contributed by atoms with E-state index in [0.717, 1.165) is 24.2 Å². The molecule has 0 aliphatic carbocycles. The van der Waals surface area contributed by atoms with Crippen molar-refractivity contribution in [2.45, 2.75) is 18.9 Å². The van der Waals surface area contributed by atoms with Crippen LogP contribution in [0.15, 0.2) is 29.2 Å². The molecule has 7 nitrogen and oxygen atoms in total. The van der Waals surface area contributed by atoms with Crippen LogP contribution in [0.2, 0.25) is 0 Å². The molecular formula is C14H19N5O2. The molecule has 7 heteroatoms. The molecule has 1 unspecified atom stereocenters. The van der Waals surface area contributed by atoms with E-state index < -0.39 is 5.69 Å². The van der Waals surface area contributed by atoms with Gasteiger partial charge in [-0.3, -0.25) is 9.69 Å². The van der Waals surface area contributed by atoms with E-state index in [1.165, 1.54) is 10.8 Å². The number of carbonyl (C=O) groups is 1. The SMILES string of the molecule is CN(CC(=O)n1nc2ccccn2c1=O)CC1CCCN1. The van der Waals surface area contributed by atoms with E-state index in [1.54, 1.807) is 24.4 Å². The smallest absolute Gasteiger partial charge is 0.313 e. The summed E-state index contributed by atoms with van der Waals surface area (Å²) in [4.78, 5) is 26.3. The summed E-state index contributed by atoms with van der Waals surface area (Å²) in [6.07, 6.45) is 3.92. The zero-order chi connectivity index (χ0) is 14.8. The van der Waals surface area contributed by atoms with Crippen molar-refractivity contribution >= 4 is 11.6 Å². The maximum Gasteiger partial charge on any atom is 0.357 e. The number of nitrogens with zero attached hydrogens (tertiary/aromatic N) is 4. The summed E-state index contributed by atoms with van der Waals surface area (Å²) in [5.41, 5.74) is 0.0685. The molecule has 0 aromatic carbocycles. The highest BCUT2D eigenvalue weighted by atomic mass is 16.2. The predicted molar refractivity (Wildman–Crippen MR) is 78.6 cm³/mol. The minimum Gasteiger partial charge on any atom is -0.313 e. The van der Waals surface area contributed by atoms with Gasteiger partial charge in [-0.15, -0.1) is 9.78 Å². The Labute approximate surface area is 122 Å². The first kappa shape index (κ1) is 14.0. The number of likely N-dealkylation sites (N-methyl/N-ethyl adjacent to an activating group) is 1. The number of fused-ring (bicyclic) bond motifs is 1. The molecule has 2 aromatic rings. The van der Waals surface area contributed by atoms with Gasteiger partial charge in [0, 0.05) is 18.8 Å². The maximum absolute atomic E-state index is 12.2. The van der Waals surface area contributed by atoms with Crippen molar-refractivity contribution < 1.29 is 4.79 Å². The van der Waals surface area contributed by atoms with Gasteiger partial charge in [-0.25, -0.2) is 9.20 Å². The van der Waals surface area contributed by atoms with Crippen LogP contribution < -0.4 is 11.0 Å². The van der Waals surface area contributed by atoms with E-state index in [1.807, 2.05) is 11.9 Å². The molecule has 3 heterocycles. The zero-order valence-corrected chi connectivity index (χ0v) is 12.0. The molecule has 112 valence electrons.